The molecule has 0 bridgehead atoms. The summed E-state index contributed by atoms with van der Waals surface area (Å²) in [6, 6.07) is 10.1. The molecule has 0 radical (unpaired) electrons. The SMILES string of the molecule is C(=N\N1CCN(c2cccc[nH+]2)CC1)/c1cccnc1. The highest BCUT2D eigenvalue weighted by molar-refractivity contribution is 5.78. The van der Waals surface area contributed by atoms with Crippen molar-refractivity contribution in [1.29, 1.82) is 0 Å². The normalized spacial score (nSPS) is 15.8. The molecule has 0 amide bonds. The van der Waals surface area contributed by atoms with Crippen molar-refractivity contribution in [2.75, 3.05) is 31.1 Å². The standard InChI is InChI=1S/C15H17N5/c1-2-7-17-15(5-1)19-8-10-20(11-9-19)18-13-14-4-3-6-16-12-14/h1-7,12-13H,8-11H2/p+1/b18-13+. The number of hydrazone groups is 1. The molecule has 2 aromatic heterocycles. The summed E-state index contributed by atoms with van der Waals surface area (Å²) in [5.74, 6) is 1.17. The van der Waals surface area contributed by atoms with Gasteiger partial charge in [0.25, 0.3) is 5.82 Å². The van der Waals surface area contributed by atoms with Gasteiger partial charge in [-0.05, 0) is 12.1 Å². The number of piperazine rings is 1. The Hall–Kier alpha value is -2.43. The molecule has 20 heavy (non-hydrogen) atoms. The van der Waals surface area contributed by atoms with E-state index in [0.29, 0.717) is 0 Å². The van der Waals surface area contributed by atoms with E-state index in [4.69, 9.17) is 0 Å². The molecule has 102 valence electrons. The number of nitrogens with zero attached hydrogens (tertiary/aromatic N) is 4. The molecule has 0 saturated carbocycles. The van der Waals surface area contributed by atoms with Gasteiger partial charge in [0.15, 0.2) is 0 Å². The fourth-order valence-electron chi connectivity index (χ4n) is 2.23. The number of hydrogen-bond acceptors (Lipinski definition) is 4. The van der Waals surface area contributed by atoms with Crippen LogP contribution in [-0.4, -0.2) is 42.4 Å². The highest BCUT2D eigenvalue weighted by Crippen LogP contribution is 2.09. The summed E-state index contributed by atoms with van der Waals surface area (Å²) < 4.78 is 0. The van der Waals surface area contributed by atoms with Crippen molar-refractivity contribution in [1.82, 2.24) is 9.99 Å². The molecule has 0 aromatic carbocycles. The lowest BCUT2D eigenvalue weighted by molar-refractivity contribution is -0.364. The van der Waals surface area contributed by atoms with Crippen LogP contribution in [0.1, 0.15) is 5.56 Å². The number of aromatic nitrogens is 2. The quantitative estimate of drug-likeness (QED) is 0.782. The van der Waals surface area contributed by atoms with E-state index in [-0.39, 0.29) is 0 Å². The molecular formula is C15H18N5+. The van der Waals surface area contributed by atoms with E-state index in [2.05, 4.69) is 37.1 Å². The predicted octanol–water partition coefficient (Wildman–Crippen LogP) is 1.05. The van der Waals surface area contributed by atoms with Crippen LogP contribution in [0.15, 0.2) is 54.0 Å². The summed E-state index contributed by atoms with van der Waals surface area (Å²) in [7, 11) is 0. The van der Waals surface area contributed by atoms with Crippen LogP contribution < -0.4 is 9.88 Å². The van der Waals surface area contributed by atoms with Gasteiger partial charge in [-0.25, -0.2) is 4.98 Å². The van der Waals surface area contributed by atoms with Crippen molar-refractivity contribution < 1.29 is 4.98 Å². The van der Waals surface area contributed by atoms with Gasteiger partial charge in [0, 0.05) is 24.0 Å². The van der Waals surface area contributed by atoms with Gasteiger partial charge < -0.3 is 0 Å². The topological polar surface area (TPSA) is 45.9 Å². The van der Waals surface area contributed by atoms with Crippen LogP contribution in [0, 0.1) is 0 Å². The third-order valence-electron chi connectivity index (χ3n) is 3.34. The number of nitrogens with one attached hydrogen (secondary N) is 1. The lowest BCUT2D eigenvalue weighted by atomic mass is 10.3. The number of H-pyrrole nitrogens is 1. The Balaban J connectivity index is 1.55. The summed E-state index contributed by atoms with van der Waals surface area (Å²) in [6.45, 7) is 3.81. The van der Waals surface area contributed by atoms with Gasteiger partial charge in [0.2, 0.25) is 0 Å². The van der Waals surface area contributed by atoms with E-state index in [1.54, 1.807) is 6.20 Å². The molecule has 3 rings (SSSR count). The molecule has 1 fully saturated rings. The van der Waals surface area contributed by atoms with Gasteiger partial charge in [0.05, 0.1) is 25.5 Å². The molecule has 2 aromatic rings. The van der Waals surface area contributed by atoms with E-state index >= 15 is 0 Å². The second-order valence-electron chi connectivity index (χ2n) is 4.72. The van der Waals surface area contributed by atoms with Gasteiger partial charge in [-0.2, -0.15) is 5.10 Å². The van der Waals surface area contributed by atoms with Crippen LogP contribution >= 0.6 is 0 Å². The van der Waals surface area contributed by atoms with E-state index in [1.165, 1.54) is 5.82 Å². The minimum Gasteiger partial charge on any atom is -0.289 e. The molecule has 1 aliphatic heterocycles. The average Bonchev–Trinajstić information content (AvgIpc) is 2.55. The van der Waals surface area contributed by atoms with Crippen molar-refractivity contribution in [2.24, 2.45) is 5.10 Å². The van der Waals surface area contributed by atoms with E-state index in [0.717, 1.165) is 31.7 Å². The molecule has 3 heterocycles. The maximum Gasteiger partial charge on any atom is 0.274 e. The van der Waals surface area contributed by atoms with Gasteiger partial charge in [-0.3, -0.25) is 14.9 Å². The number of hydrogen-bond donors (Lipinski definition) is 0. The zero-order valence-corrected chi connectivity index (χ0v) is 11.3. The maximum absolute atomic E-state index is 4.51. The number of anilines is 1. The van der Waals surface area contributed by atoms with Crippen molar-refractivity contribution in [3.8, 4) is 0 Å². The molecule has 0 aliphatic carbocycles. The van der Waals surface area contributed by atoms with Crippen LogP contribution in [0.4, 0.5) is 5.82 Å². The fraction of sp³-hybridized carbons (Fsp3) is 0.267. The van der Waals surface area contributed by atoms with E-state index < -0.39 is 0 Å². The minimum absolute atomic E-state index is 0.930. The summed E-state index contributed by atoms with van der Waals surface area (Å²) in [4.78, 5) is 9.69. The molecule has 1 aliphatic rings. The Kier molecular flexibility index (Phi) is 3.87. The van der Waals surface area contributed by atoms with Crippen molar-refractivity contribution >= 4 is 12.0 Å². The number of pyridine rings is 2. The first-order chi connectivity index (χ1) is 9.92. The first kappa shape index (κ1) is 12.6. The molecule has 0 unspecified atom stereocenters. The maximum atomic E-state index is 4.51. The summed E-state index contributed by atoms with van der Waals surface area (Å²) in [5, 5.41) is 6.62. The van der Waals surface area contributed by atoms with Crippen molar-refractivity contribution in [3.05, 3.63) is 54.5 Å². The average molecular weight is 268 g/mol. The molecule has 0 atom stereocenters. The minimum atomic E-state index is 0.930. The molecular weight excluding hydrogens is 250 g/mol. The van der Waals surface area contributed by atoms with Crippen LogP contribution in [0.3, 0.4) is 0 Å². The summed E-state index contributed by atoms with van der Waals surface area (Å²) in [5.41, 5.74) is 1.03. The zero-order chi connectivity index (χ0) is 13.6. The smallest absolute Gasteiger partial charge is 0.274 e. The Morgan fingerprint density at radius 2 is 2.00 bits per heavy atom. The van der Waals surface area contributed by atoms with Crippen molar-refractivity contribution in [3.63, 3.8) is 0 Å². The highest BCUT2D eigenvalue weighted by Gasteiger charge is 2.21. The third kappa shape index (κ3) is 3.12. The van der Waals surface area contributed by atoms with Crippen LogP contribution in [0.2, 0.25) is 0 Å². The summed E-state index contributed by atoms with van der Waals surface area (Å²) in [6.07, 6.45) is 7.42. The van der Waals surface area contributed by atoms with E-state index in [9.17, 15) is 0 Å². The highest BCUT2D eigenvalue weighted by atomic mass is 15.5. The monoisotopic (exact) mass is 268 g/mol. The van der Waals surface area contributed by atoms with Crippen LogP contribution in [0.5, 0.6) is 0 Å². The Labute approximate surface area is 118 Å². The molecule has 0 spiro atoms. The molecule has 5 nitrogen and oxygen atoms in total. The lowest BCUT2D eigenvalue weighted by Gasteiger charge is -2.28. The van der Waals surface area contributed by atoms with E-state index in [1.807, 2.05) is 36.8 Å². The Bertz CT molecular complexity index is 547. The molecule has 5 heteroatoms. The lowest BCUT2D eigenvalue weighted by Crippen LogP contribution is -2.45. The summed E-state index contributed by atoms with van der Waals surface area (Å²) >= 11 is 0. The first-order valence-electron chi connectivity index (χ1n) is 6.82. The fourth-order valence-corrected chi connectivity index (χ4v) is 2.23. The Morgan fingerprint density at radius 1 is 1.10 bits per heavy atom. The van der Waals surface area contributed by atoms with Gasteiger partial charge in [0.1, 0.15) is 13.1 Å². The largest absolute Gasteiger partial charge is 0.289 e. The molecule has 1 saturated heterocycles. The molecule has 1 N–H and O–H groups in total. The van der Waals surface area contributed by atoms with Crippen molar-refractivity contribution in [2.45, 2.75) is 0 Å². The van der Waals surface area contributed by atoms with Crippen LogP contribution in [-0.2, 0) is 0 Å². The predicted molar refractivity (Wildman–Crippen MR) is 78.6 cm³/mol. The third-order valence-corrected chi connectivity index (χ3v) is 3.34. The zero-order valence-electron chi connectivity index (χ0n) is 11.3. The Morgan fingerprint density at radius 3 is 2.70 bits per heavy atom. The first-order valence-corrected chi connectivity index (χ1v) is 6.82. The van der Waals surface area contributed by atoms with Gasteiger partial charge in [-0.1, -0.05) is 12.1 Å². The number of rotatable bonds is 3. The van der Waals surface area contributed by atoms with Gasteiger partial charge >= 0.3 is 0 Å². The van der Waals surface area contributed by atoms with Crippen LogP contribution in [0.25, 0.3) is 0 Å². The number of aromatic amines is 1. The van der Waals surface area contributed by atoms with Gasteiger partial charge in [-0.15, -0.1) is 0 Å². The second kappa shape index (κ2) is 6.14. The second-order valence-corrected chi connectivity index (χ2v) is 4.72.